The van der Waals surface area contributed by atoms with Gasteiger partial charge in [0.1, 0.15) is 25.7 Å². The summed E-state index contributed by atoms with van der Waals surface area (Å²) in [4.78, 5) is 26.1. The largest absolute Gasteiger partial charge is 0.445 e. The van der Waals surface area contributed by atoms with E-state index >= 15 is 0 Å². The number of hydrogen-bond donors (Lipinski definition) is 0. The number of carbonyl (C=O) groups excluding carboxylic acids is 2. The Hall–Kier alpha value is -3.48. The van der Waals surface area contributed by atoms with Crippen LogP contribution in [0.1, 0.15) is 16.7 Å². The van der Waals surface area contributed by atoms with Gasteiger partial charge >= 0.3 is 6.09 Å². The second-order valence-electron chi connectivity index (χ2n) is 7.18. The van der Waals surface area contributed by atoms with E-state index in [1.165, 1.54) is 4.90 Å². The molecule has 0 fully saturated rings. The zero-order valence-corrected chi connectivity index (χ0v) is 17.8. The zero-order valence-electron chi connectivity index (χ0n) is 17.8. The van der Waals surface area contributed by atoms with Crippen molar-refractivity contribution in [3.8, 4) is 0 Å². The van der Waals surface area contributed by atoms with Crippen molar-refractivity contribution < 1.29 is 23.8 Å². The Morgan fingerprint density at radius 1 is 0.750 bits per heavy atom. The van der Waals surface area contributed by atoms with Crippen LogP contribution in [-0.2, 0) is 38.8 Å². The number of nitrogens with zero attached hydrogens (tertiary/aromatic N) is 1. The maximum Gasteiger partial charge on any atom is 0.411 e. The highest BCUT2D eigenvalue weighted by Gasteiger charge is 2.25. The highest BCUT2D eigenvalue weighted by atomic mass is 16.7. The van der Waals surface area contributed by atoms with Crippen LogP contribution in [0.15, 0.2) is 91.0 Å². The Labute approximate surface area is 188 Å². The third-order valence-corrected chi connectivity index (χ3v) is 4.76. The summed E-state index contributed by atoms with van der Waals surface area (Å²) in [5.74, 6) is 0. The number of amides is 1. The third-order valence-electron chi connectivity index (χ3n) is 4.76. The first-order valence-corrected chi connectivity index (χ1v) is 10.4. The first-order valence-electron chi connectivity index (χ1n) is 10.4. The number of benzene rings is 3. The molecule has 3 aromatic rings. The molecule has 0 unspecified atom stereocenters. The predicted molar refractivity (Wildman–Crippen MR) is 121 cm³/mol. The number of rotatable bonds is 12. The van der Waals surface area contributed by atoms with E-state index in [-0.39, 0.29) is 26.6 Å². The SMILES string of the molecule is O=C[C@H](COCOCc1ccccc1)N(Cc1ccccc1)C(=O)OCc1ccccc1. The van der Waals surface area contributed by atoms with Gasteiger partial charge in [-0.1, -0.05) is 91.0 Å². The molecular weight excluding hydrogens is 406 g/mol. The van der Waals surface area contributed by atoms with Crippen LogP contribution in [0.4, 0.5) is 4.79 Å². The summed E-state index contributed by atoms with van der Waals surface area (Å²) >= 11 is 0. The van der Waals surface area contributed by atoms with Gasteiger partial charge in [0.15, 0.2) is 0 Å². The molecule has 6 heteroatoms. The molecule has 0 saturated heterocycles. The predicted octanol–water partition coefficient (Wildman–Crippen LogP) is 4.58. The summed E-state index contributed by atoms with van der Waals surface area (Å²) in [6.07, 6.45) is 0.118. The lowest BCUT2D eigenvalue weighted by Gasteiger charge is -2.27. The molecule has 0 radical (unpaired) electrons. The van der Waals surface area contributed by atoms with E-state index in [0.29, 0.717) is 12.9 Å². The van der Waals surface area contributed by atoms with Crippen LogP contribution in [0.3, 0.4) is 0 Å². The topological polar surface area (TPSA) is 65.1 Å². The van der Waals surface area contributed by atoms with Crippen molar-refractivity contribution in [2.45, 2.75) is 25.8 Å². The summed E-state index contributed by atoms with van der Waals surface area (Å²) in [5, 5.41) is 0. The molecule has 0 saturated carbocycles. The standard InChI is InChI=1S/C26H27NO5/c28-17-25(20-31-21-30-18-23-12-6-2-7-13-23)27(16-22-10-4-1-5-11-22)26(29)32-19-24-14-8-3-9-15-24/h1-15,17,25H,16,18-21H2/t25-/m1/s1. The first-order chi connectivity index (χ1) is 15.8. The van der Waals surface area contributed by atoms with Gasteiger partial charge in [-0.05, 0) is 16.7 Å². The van der Waals surface area contributed by atoms with Crippen molar-refractivity contribution in [2.24, 2.45) is 0 Å². The van der Waals surface area contributed by atoms with Gasteiger partial charge in [0.2, 0.25) is 0 Å². The number of ether oxygens (including phenoxy) is 3. The second kappa shape index (κ2) is 13.0. The summed E-state index contributed by atoms with van der Waals surface area (Å²) in [6, 6.07) is 27.8. The molecule has 3 aromatic carbocycles. The van der Waals surface area contributed by atoms with Gasteiger partial charge in [0.05, 0.1) is 13.2 Å². The van der Waals surface area contributed by atoms with Gasteiger partial charge < -0.3 is 19.0 Å². The van der Waals surface area contributed by atoms with Crippen LogP contribution >= 0.6 is 0 Å². The molecule has 0 aliphatic rings. The molecule has 32 heavy (non-hydrogen) atoms. The molecular formula is C26H27NO5. The minimum atomic E-state index is -0.807. The minimum absolute atomic E-state index is 0.00552. The number of carbonyl (C=O) groups is 2. The van der Waals surface area contributed by atoms with E-state index in [4.69, 9.17) is 14.2 Å². The molecule has 0 heterocycles. The molecule has 0 aliphatic heterocycles. The normalized spacial score (nSPS) is 11.5. The van der Waals surface area contributed by atoms with Crippen molar-refractivity contribution in [1.29, 1.82) is 0 Å². The molecule has 6 nitrogen and oxygen atoms in total. The summed E-state index contributed by atoms with van der Waals surface area (Å²) in [6.45, 7) is 0.770. The highest BCUT2D eigenvalue weighted by molar-refractivity contribution is 5.73. The quantitative estimate of drug-likeness (QED) is 0.238. The monoisotopic (exact) mass is 433 g/mol. The van der Waals surface area contributed by atoms with E-state index in [1.54, 1.807) is 0 Å². The Kier molecular flexibility index (Phi) is 9.45. The molecule has 0 aliphatic carbocycles. The highest BCUT2D eigenvalue weighted by Crippen LogP contribution is 2.12. The summed E-state index contributed by atoms with van der Waals surface area (Å²) in [5.41, 5.74) is 2.78. The van der Waals surface area contributed by atoms with Crippen LogP contribution in [0.5, 0.6) is 0 Å². The van der Waals surface area contributed by atoms with Crippen molar-refractivity contribution >= 4 is 12.4 Å². The van der Waals surface area contributed by atoms with Gasteiger partial charge in [-0.15, -0.1) is 0 Å². The van der Waals surface area contributed by atoms with Crippen molar-refractivity contribution in [3.05, 3.63) is 108 Å². The molecule has 1 atom stereocenters. The van der Waals surface area contributed by atoms with Gasteiger partial charge in [-0.2, -0.15) is 0 Å². The minimum Gasteiger partial charge on any atom is -0.445 e. The van der Waals surface area contributed by atoms with Gasteiger partial charge in [0, 0.05) is 6.54 Å². The van der Waals surface area contributed by atoms with Crippen LogP contribution in [0.2, 0.25) is 0 Å². The molecule has 0 aromatic heterocycles. The van der Waals surface area contributed by atoms with Crippen LogP contribution < -0.4 is 0 Å². The van der Waals surface area contributed by atoms with Gasteiger partial charge in [-0.25, -0.2) is 4.79 Å². The van der Waals surface area contributed by atoms with Crippen molar-refractivity contribution in [1.82, 2.24) is 4.90 Å². The van der Waals surface area contributed by atoms with E-state index in [9.17, 15) is 9.59 Å². The molecule has 3 rings (SSSR count). The van der Waals surface area contributed by atoms with Crippen LogP contribution in [0.25, 0.3) is 0 Å². The van der Waals surface area contributed by atoms with Crippen molar-refractivity contribution in [3.63, 3.8) is 0 Å². The Balaban J connectivity index is 1.56. The Morgan fingerprint density at radius 3 is 1.84 bits per heavy atom. The Morgan fingerprint density at radius 2 is 1.28 bits per heavy atom. The summed E-state index contributed by atoms with van der Waals surface area (Å²) in [7, 11) is 0. The number of aldehydes is 1. The van der Waals surface area contributed by atoms with Crippen LogP contribution in [0, 0.1) is 0 Å². The molecule has 0 spiro atoms. The third kappa shape index (κ3) is 7.65. The lowest BCUT2D eigenvalue weighted by molar-refractivity contribution is -0.118. The van der Waals surface area contributed by atoms with Gasteiger partial charge in [0.25, 0.3) is 0 Å². The lowest BCUT2D eigenvalue weighted by Crippen LogP contribution is -2.44. The first kappa shape index (κ1) is 23.2. The molecule has 0 N–H and O–H groups in total. The van der Waals surface area contributed by atoms with Gasteiger partial charge in [-0.3, -0.25) is 4.90 Å². The van der Waals surface area contributed by atoms with E-state index < -0.39 is 12.1 Å². The molecule has 0 bridgehead atoms. The average Bonchev–Trinajstić information content (AvgIpc) is 2.85. The average molecular weight is 434 g/mol. The van der Waals surface area contributed by atoms with E-state index in [2.05, 4.69) is 0 Å². The van der Waals surface area contributed by atoms with Crippen LogP contribution in [-0.4, -0.2) is 36.7 Å². The van der Waals surface area contributed by atoms with E-state index in [0.717, 1.165) is 16.7 Å². The fourth-order valence-corrected chi connectivity index (χ4v) is 3.06. The molecule has 1 amide bonds. The maximum absolute atomic E-state index is 12.9. The van der Waals surface area contributed by atoms with E-state index in [1.807, 2.05) is 91.0 Å². The van der Waals surface area contributed by atoms with Crippen molar-refractivity contribution in [2.75, 3.05) is 13.4 Å². The lowest BCUT2D eigenvalue weighted by atomic mass is 10.2. The fourth-order valence-electron chi connectivity index (χ4n) is 3.06. The molecule has 166 valence electrons. The Bertz CT molecular complexity index is 934. The number of hydrogen-bond acceptors (Lipinski definition) is 5. The zero-order chi connectivity index (χ0) is 22.4. The second-order valence-corrected chi connectivity index (χ2v) is 7.18. The maximum atomic E-state index is 12.9. The fraction of sp³-hybridized carbons (Fsp3) is 0.231. The summed E-state index contributed by atoms with van der Waals surface area (Å²) < 4.78 is 16.5. The smallest absolute Gasteiger partial charge is 0.411 e.